The third-order valence-corrected chi connectivity index (χ3v) is 9.39. The summed E-state index contributed by atoms with van der Waals surface area (Å²) in [5, 5.41) is 0. The number of carbonyl (C=O) groups is 2. The fraction of sp³-hybridized carbons (Fsp3) is 0.188. The van der Waals surface area contributed by atoms with E-state index in [1.54, 1.807) is 23.5 Å². The second-order valence-corrected chi connectivity index (χ2v) is 12.2. The first-order chi connectivity index (χ1) is 18.8. The molecule has 0 bridgehead atoms. The van der Waals surface area contributed by atoms with Crippen molar-refractivity contribution in [2.24, 2.45) is 0 Å². The first kappa shape index (κ1) is 31.5. The van der Waals surface area contributed by atoms with E-state index in [4.69, 9.17) is 7.58 Å². The predicted octanol–water partition coefficient (Wildman–Crippen LogP) is 7.96. The van der Waals surface area contributed by atoms with Crippen LogP contribution in [0.25, 0.3) is 0 Å². The van der Waals surface area contributed by atoms with Crippen LogP contribution in [0.4, 0.5) is 0 Å². The van der Waals surface area contributed by atoms with Crippen LogP contribution in [0.15, 0.2) is 117 Å². The van der Waals surface area contributed by atoms with Crippen LogP contribution in [-0.4, -0.2) is 33.3 Å². The van der Waals surface area contributed by atoms with Gasteiger partial charge >= 0.3 is 247 Å². The largest absolute Gasteiger partial charge is 0.870 e. The van der Waals surface area contributed by atoms with Gasteiger partial charge in [-0.25, -0.2) is 0 Å². The standard InChI is InChI=1S/2C16H16O2S.Al.H2O/c2*1-11-8-9-13(12(2)16(17)18)10-15(11)19-14-6-4-3-5-7-14;;/h2*3-10,12H,1-2H3,(H,17,18);;1H2/q;;+3;/p-3. The fourth-order valence-electron chi connectivity index (χ4n) is 3.82. The molecule has 40 heavy (non-hydrogen) atoms. The third-order valence-electron chi connectivity index (χ3n) is 6.40. The van der Waals surface area contributed by atoms with E-state index in [2.05, 4.69) is 38.1 Å². The Balaban J connectivity index is 0.00000441. The minimum absolute atomic E-state index is 0. The molecule has 0 aliphatic carbocycles. The molecule has 1 N–H and O–H groups in total. The summed E-state index contributed by atoms with van der Waals surface area (Å²) < 4.78 is 10.8. The minimum Gasteiger partial charge on any atom is -0.870 e. The van der Waals surface area contributed by atoms with Crippen LogP contribution in [0.3, 0.4) is 0 Å². The van der Waals surface area contributed by atoms with Crippen molar-refractivity contribution >= 4 is 51.3 Å². The molecule has 0 spiro atoms. The van der Waals surface area contributed by atoms with E-state index >= 15 is 0 Å². The summed E-state index contributed by atoms with van der Waals surface area (Å²) in [4.78, 5) is 30.0. The molecule has 0 fully saturated rings. The summed E-state index contributed by atoms with van der Waals surface area (Å²) in [6, 6.07) is 32.3. The van der Waals surface area contributed by atoms with E-state index in [0.29, 0.717) is 0 Å². The van der Waals surface area contributed by atoms with Crippen molar-refractivity contribution in [3.63, 3.8) is 0 Å². The Morgan fingerprint density at radius 2 is 1.00 bits per heavy atom. The molecule has 0 aliphatic heterocycles. The van der Waals surface area contributed by atoms with Gasteiger partial charge in [0.2, 0.25) is 0 Å². The Kier molecular flexibility index (Phi) is 11.9. The molecule has 0 heterocycles. The molecule has 0 amide bonds. The van der Waals surface area contributed by atoms with E-state index < -0.39 is 39.7 Å². The van der Waals surface area contributed by atoms with E-state index in [0.717, 1.165) is 41.8 Å². The van der Waals surface area contributed by atoms with Crippen LogP contribution < -0.4 is 0 Å². The summed E-state index contributed by atoms with van der Waals surface area (Å²) in [6.45, 7) is 7.73. The van der Waals surface area contributed by atoms with E-state index in [9.17, 15) is 9.59 Å². The molecule has 4 aromatic carbocycles. The van der Waals surface area contributed by atoms with Crippen LogP contribution in [0.1, 0.15) is 47.9 Å². The molecular formula is C32H31AlO5S2. The normalized spacial score (nSPS) is 11.9. The first-order valence-corrected chi connectivity index (χ1v) is 15.3. The molecular weight excluding hydrogens is 555 g/mol. The van der Waals surface area contributed by atoms with Crippen LogP contribution >= 0.6 is 23.5 Å². The molecule has 4 rings (SSSR count). The van der Waals surface area contributed by atoms with Gasteiger partial charge in [0.05, 0.1) is 0 Å². The molecule has 0 saturated carbocycles. The molecule has 0 aromatic heterocycles. The van der Waals surface area contributed by atoms with Gasteiger partial charge in [0.25, 0.3) is 0 Å². The molecule has 0 saturated heterocycles. The Bertz CT molecular complexity index is 1320. The average Bonchev–Trinajstić information content (AvgIpc) is 2.95. The zero-order valence-electron chi connectivity index (χ0n) is 22.9. The number of hydrogen-bond acceptors (Lipinski definition) is 7. The van der Waals surface area contributed by atoms with Crippen molar-refractivity contribution in [1.29, 1.82) is 0 Å². The van der Waals surface area contributed by atoms with Gasteiger partial charge in [0, 0.05) is 0 Å². The maximum atomic E-state index is 12.8. The van der Waals surface area contributed by atoms with Gasteiger partial charge in [-0.05, 0) is 0 Å². The monoisotopic (exact) mass is 586 g/mol. The number of aryl methyl sites for hydroxylation is 2. The third kappa shape index (κ3) is 8.50. The van der Waals surface area contributed by atoms with E-state index in [1.165, 1.54) is 0 Å². The van der Waals surface area contributed by atoms with Gasteiger partial charge in [-0.3, -0.25) is 0 Å². The van der Waals surface area contributed by atoms with Crippen LogP contribution in [0.2, 0.25) is 0 Å². The van der Waals surface area contributed by atoms with Crippen molar-refractivity contribution < 1.29 is 22.6 Å². The van der Waals surface area contributed by atoms with E-state index in [1.807, 2.05) is 86.6 Å². The Morgan fingerprint density at radius 1 is 0.625 bits per heavy atom. The maximum Gasteiger partial charge on any atom is -0.870 e. The second kappa shape index (κ2) is 15.1. The molecule has 0 radical (unpaired) electrons. The first-order valence-electron chi connectivity index (χ1n) is 12.7. The van der Waals surface area contributed by atoms with Crippen LogP contribution in [0.5, 0.6) is 0 Å². The summed E-state index contributed by atoms with van der Waals surface area (Å²) in [5.41, 5.74) is 4.02. The van der Waals surface area contributed by atoms with Crippen LogP contribution in [0, 0.1) is 13.8 Å². The van der Waals surface area contributed by atoms with Crippen molar-refractivity contribution in [3.8, 4) is 0 Å². The molecule has 2 unspecified atom stereocenters. The SMILES string of the molecule is Cc1ccc(C(C)C(=O)[O][Al+][O]C(=O)C(C)c2ccc(C)c(Sc3ccccc3)c2)cc1Sc1ccccc1.[OH-]. The Hall–Kier alpha value is -2.99. The van der Waals surface area contributed by atoms with Gasteiger partial charge in [0.15, 0.2) is 0 Å². The molecule has 204 valence electrons. The Morgan fingerprint density at radius 3 is 1.38 bits per heavy atom. The van der Waals surface area contributed by atoms with E-state index in [-0.39, 0.29) is 5.48 Å². The average molecular weight is 587 g/mol. The molecule has 2 atom stereocenters. The zero-order chi connectivity index (χ0) is 27.8. The van der Waals surface area contributed by atoms with Gasteiger partial charge in [-0.2, -0.15) is 0 Å². The number of rotatable bonds is 10. The number of hydrogen-bond donors (Lipinski definition) is 0. The quantitative estimate of drug-likeness (QED) is 0.174. The molecule has 5 nitrogen and oxygen atoms in total. The van der Waals surface area contributed by atoms with Crippen molar-refractivity contribution in [2.75, 3.05) is 0 Å². The summed E-state index contributed by atoms with van der Waals surface area (Å²) in [6.07, 6.45) is 0. The topological polar surface area (TPSA) is 82.6 Å². The van der Waals surface area contributed by atoms with Gasteiger partial charge in [-0.1, -0.05) is 0 Å². The summed E-state index contributed by atoms with van der Waals surface area (Å²) in [7, 11) is 0. The summed E-state index contributed by atoms with van der Waals surface area (Å²) >= 11 is 2.07. The molecule has 0 aliphatic rings. The summed E-state index contributed by atoms with van der Waals surface area (Å²) in [5.74, 6) is -1.75. The van der Waals surface area contributed by atoms with Crippen molar-refractivity contribution in [3.05, 3.63) is 119 Å². The van der Waals surface area contributed by atoms with Crippen molar-refractivity contribution in [1.82, 2.24) is 0 Å². The Labute approximate surface area is 251 Å². The minimum atomic E-state index is -1.26. The van der Waals surface area contributed by atoms with Gasteiger partial charge in [-0.15, -0.1) is 0 Å². The van der Waals surface area contributed by atoms with Gasteiger partial charge in [0.1, 0.15) is 0 Å². The van der Waals surface area contributed by atoms with Crippen LogP contribution in [-0.2, 0) is 17.2 Å². The zero-order valence-corrected chi connectivity index (χ0v) is 25.7. The fourth-order valence-corrected chi connectivity index (χ4v) is 6.41. The predicted molar refractivity (Wildman–Crippen MR) is 160 cm³/mol. The smallest absolute Gasteiger partial charge is 0.870 e. The maximum absolute atomic E-state index is 12.8. The second-order valence-electron chi connectivity index (χ2n) is 9.29. The number of benzene rings is 4. The van der Waals surface area contributed by atoms with Crippen molar-refractivity contribution in [2.45, 2.75) is 59.1 Å². The van der Waals surface area contributed by atoms with Gasteiger partial charge < -0.3 is 5.48 Å². The molecule has 8 heteroatoms. The number of carbonyl (C=O) groups excluding carboxylic acids is 2. The molecule has 4 aromatic rings.